The fourth-order valence-corrected chi connectivity index (χ4v) is 4.93. The van der Waals surface area contributed by atoms with E-state index in [1.807, 2.05) is 0 Å². The molecule has 1 aliphatic heterocycles. The van der Waals surface area contributed by atoms with Gasteiger partial charge in [-0.05, 0) is 38.5 Å². The Kier molecular flexibility index (Phi) is 5.01. The van der Waals surface area contributed by atoms with E-state index in [0.717, 1.165) is 17.7 Å². The second kappa shape index (κ2) is 6.15. The quantitative estimate of drug-likeness (QED) is 0.854. The molecule has 18 heavy (non-hydrogen) atoms. The molecule has 1 heterocycles. The predicted octanol–water partition coefficient (Wildman–Crippen LogP) is 3.11. The van der Waals surface area contributed by atoms with E-state index < -0.39 is 0 Å². The molecule has 0 aromatic heterocycles. The van der Waals surface area contributed by atoms with Crippen LogP contribution in [0.2, 0.25) is 0 Å². The number of hydrogen-bond donors (Lipinski definition) is 1. The minimum atomic E-state index is 0.320. The summed E-state index contributed by atoms with van der Waals surface area (Å²) in [6.07, 6.45) is 6.77. The number of nitrogens with two attached hydrogens (primary N) is 1. The molecule has 1 aliphatic carbocycles. The van der Waals surface area contributed by atoms with Crippen LogP contribution < -0.4 is 5.73 Å². The summed E-state index contributed by atoms with van der Waals surface area (Å²) >= 11 is 2.13. The maximum absolute atomic E-state index is 6.22. The molecular formula is C15H30N2S. The second-order valence-electron chi connectivity index (χ2n) is 6.29. The van der Waals surface area contributed by atoms with Gasteiger partial charge in [-0.15, -0.1) is 0 Å². The first-order valence-electron chi connectivity index (χ1n) is 7.71. The second-order valence-corrected chi connectivity index (χ2v) is 7.78. The minimum absolute atomic E-state index is 0.320. The van der Waals surface area contributed by atoms with E-state index in [9.17, 15) is 0 Å². The first kappa shape index (κ1) is 14.7. The summed E-state index contributed by atoms with van der Waals surface area (Å²) in [7, 11) is 0. The topological polar surface area (TPSA) is 29.3 Å². The third-order valence-electron chi connectivity index (χ3n) is 5.49. The van der Waals surface area contributed by atoms with Crippen LogP contribution >= 0.6 is 11.8 Å². The molecule has 2 rings (SSSR count). The molecule has 0 spiro atoms. The average molecular weight is 270 g/mol. The Balaban J connectivity index is 2.07. The predicted molar refractivity (Wildman–Crippen MR) is 82.1 cm³/mol. The van der Waals surface area contributed by atoms with Crippen molar-refractivity contribution in [3.8, 4) is 0 Å². The van der Waals surface area contributed by atoms with Crippen LogP contribution in [0.25, 0.3) is 0 Å². The van der Waals surface area contributed by atoms with Crippen LogP contribution in [0.5, 0.6) is 0 Å². The molecule has 0 aromatic rings. The van der Waals surface area contributed by atoms with E-state index in [-0.39, 0.29) is 0 Å². The SMILES string of the molecule is CCC1CCC(CN)(N2CCSC(C)C2C)CC1. The number of hydrogen-bond acceptors (Lipinski definition) is 3. The first-order chi connectivity index (χ1) is 8.63. The molecule has 2 N–H and O–H groups in total. The van der Waals surface area contributed by atoms with Gasteiger partial charge in [0.1, 0.15) is 0 Å². The van der Waals surface area contributed by atoms with E-state index in [0.29, 0.717) is 11.6 Å². The van der Waals surface area contributed by atoms with Crippen molar-refractivity contribution in [1.29, 1.82) is 0 Å². The van der Waals surface area contributed by atoms with Gasteiger partial charge < -0.3 is 5.73 Å². The summed E-state index contributed by atoms with van der Waals surface area (Å²) in [4.78, 5) is 2.76. The zero-order chi connectivity index (χ0) is 13.2. The summed E-state index contributed by atoms with van der Waals surface area (Å²) < 4.78 is 0. The maximum Gasteiger partial charge on any atom is 0.0335 e. The Morgan fingerprint density at radius 1 is 1.28 bits per heavy atom. The summed E-state index contributed by atoms with van der Waals surface area (Å²) in [5.41, 5.74) is 6.53. The fraction of sp³-hybridized carbons (Fsp3) is 1.00. The standard InChI is InChI=1S/C15H30N2S/c1-4-14-5-7-15(11-16,8-6-14)17-9-10-18-13(3)12(17)2/h12-14H,4-11,16H2,1-3H3. The third-order valence-corrected chi connectivity index (χ3v) is 6.82. The minimum Gasteiger partial charge on any atom is -0.329 e. The van der Waals surface area contributed by atoms with E-state index in [2.05, 4.69) is 37.4 Å². The van der Waals surface area contributed by atoms with Crippen molar-refractivity contribution in [3.63, 3.8) is 0 Å². The van der Waals surface area contributed by atoms with Gasteiger partial charge in [0.15, 0.2) is 0 Å². The van der Waals surface area contributed by atoms with Crippen molar-refractivity contribution in [2.75, 3.05) is 18.8 Å². The van der Waals surface area contributed by atoms with Gasteiger partial charge in [0.2, 0.25) is 0 Å². The van der Waals surface area contributed by atoms with Crippen molar-refractivity contribution in [2.24, 2.45) is 11.7 Å². The Morgan fingerprint density at radius 3 is 2.50 bits per heavy atom. The van der Waals surface area contributed by atoms with Gasteiger partial charge in [0.05, 0.1) is 0 Å². The molecule has 0 amide bonds. The monoisotopic (exact) mass is 270 g/mol. The molecule has 0 aromatic carbocycles. The van der Waals surface area contributed by atoms with E-state index >= 15 is 0 Å². The van der Waals surface area contributed by atoms with Crippen molar-refractivity contribution in [2.45, 2.75) is 69.7 Å². The third kappa shape index (κ3) is 2.73. The molecule has 2 fully saturated rings. The van der Waals surface area contributed by atoms with Crippen molar-refractivity contribution in [3.05, 3.63) is 0 Å². The van der Waals surface area contributed by atoms with Crippen LogP contribution in [0, 0.1) is 5.92 Å². The number of rotatable bonds is 3. The summed E-state index contributed by atoms with van der Waals surface area (Å²) in [6, 6.07) is 0.686. The fourth-order valence-electron chi connectivity index (χ4n) is 3.83. The highest BCUT2D eigenvalue weighted by Crippen LogP contribution is 2.40. The van der Waals surface area contributed by atoms with Gasteiger partial charge in [0.25, 0.3) is 0 Å². The molecule has 0 bridgehead atoms. The first-order valence-corrected chi connectivity index (χ1v) is 8.76. The summed E-state index contributed by atoms with van der Waals surface area (Å²) in [6.45, 7) is 9.21. The Morgan fingerprint density at radius 2 is 1.94 bits per heavy atom. The molecule has 2 unspecified atom stereocenters. The zero-order valence-electron chi connectivity index (χ0n) is 12.3. The molecule has 2 aliphatic rings. The number of thioether (sulfide) groups is 1. The lowest BCUT2D eigenvalue weighted by Gasteiger charge is -2.53. The van der Waals surface area contributed by atoms with Crippen LogP contribution in [0.15, 0.2) is 0 Å². The zero-order valence-corrected chi connectivity index (χ0v) is 13.1. The highest BCUT2D eigenvalue weighted by atomic mass is 32.2. The van der Waals surface area contributed by atoms with Gasteiger partial charge in [-0.2, -0.15) is 11.8 Å². The van der Waals surface area contributed by atoms with Crippen LogP contribution in [-0.2, 0) is 0 Å². The maximum atomic E-state index is 6.22. The lowest BCUT2D eigenvalue weighted by Crippen LogP contribution is -2.62. The molecule has 1 saturated heterocycles. The normalized spacial score (nSPS) is 43.0. The van der Waals surface area contributed by atoms with Crippen LogP contribution in [0.1, 0.15) is 52.9 Å². The van der Waals surface area contributed by atoms with Crippen LogP contribution in [0.3, 0.4) is 0 Å². The van der Waals surface area contributed by atoms with E-state index in [4.69, 9.17) is 5.73 Å². The molecule has 106 valence electrons. The van der Waals surface area contributed by atoms with Gasteiger partial charge in [-0.25, -0.2) is 0 Å². The smallest absolute Gasteiger partial charge is 0.0335 e. The highest BCUT2D eigenvalue weighted by Gasteiger charge is 2.43. The molecule has 2 atom stereocenters. The van der Waals surface area contributed by atoms with E-state index in [1.165, 1.54) is 44.4 Å². The molecule has 3 heteroatoms. The Bertz CT molecular complexity index is 261. The van der Waals surface area contributed by atoms with Crippen molar-refractivity contribution < 1.29 is 0 Å². The average Bonchev–Trinajstić information content (AvgIpc) is 2.42. The highest BCUT2D eigenvalue weighted by molar-refractivity contribution is 8.00. The molecule has 0 radical (unpaired) electrons. The van der Waals surface area contributed by atoms with Gasteiger partial charge in [-0.3, -0.25) is 4.90 Å². The molecular weight excluding hydrogens is 240 g/mol. The Labute approximate surface area is 117 Å². The van der Waals surface area contributed by atoms with Crippen LogP contribution in [0.4, 0.5) is 0 Å². The number of nitrogens with zero attached hydrogens (tertiary/aromatic N) is 1. The Hall–Kier alpha value is 0.270. The molecule has 1 saturated carbocycles. The van der Waals surface area contributed by atoms with Gasteiger partial charge in [0, 0.05) is 35.7 Å². The van der Waals surface area contributed by atoms with Crippen LogP contribution in [-0.4, -0.2) is 40.6 Å². The summed E-state index contributed by atoms with van der Waals surface area (Å²) in [5.74, 6) is 2.24. The lowest BCUT2D eigenvalue weighted by atomic mass is 9.74. The molecule has 2 nitrogen and oxygen atoms in total. The van der Waals surface area contributed by atoms with E-state index in [1.54, 1.807) is 0 Å². The largest absolute Gasteiger partial charge is 0.329 e. The van der Waals surface area contributed by atoms with Crippen molar-refractivity contribution in [1.82, 2.24) is 4.90 Å². The summed E-state index contributed by atoms with van der Waals surface area (Å²) in [5, 5.41) is 0.756. The van der Waals surface area contributed by atoms with Crippen molar-refractivity contribution >= 4 is 11.8 Å². The van der Waals surface area contributed by atoms with Gasteiger partial charge in [-0.1, -0.05) is 20.3 Å². The lowest BCUT2D eigenvalue weighted by molar-refractivity contribution is 0.0146. The van der Waals surface area contributed by atoms with Gasteiger partial charge >= 0.3 is 0 Å².